The number of carbonyl (C=O) groups is 3. The van der Waals surface area contributed by atoms with Gasteiger partial charge in [0, 0.05) is 29.7 Å². The summed E-state index contributed by atoms with van der Waals surface area (Å²) in [5.41, 5.74) is 2.70. The molecule has 1 fully saturated rings. The molecule has 0 unspecified atom stereocenters. The van der Waals surface area contributed by atoms with Crippen LogP contribution in [-0.4, -0.2) is 37.8 Å². The fraction of sp³-hybridized carbons (Fsp3) is 0.190. The van der Waals surface area contributed by atoms with Crippen LogP contribution in [0.1, 0.15) is 34.6 Å². The molecular weight excluding hydrogens is 370 g/mol. The van der Waals surface area contributed by atoms with E-state index in [4.69, 9.17) is 0 Å². The second-order valence-corrected chi connectivity index (χ2v) is 6.85. The van der Waals surface area contributed by atoms with Gasteiger partial charge in [0.25, 0.3) is 5.91 Å². The Kier molecular flexibility index (Phi) is 4.90. The lowest BCUT2D eigenvalue weighted by Gasteiger charge is -2.14. The van der Waals surface area contributed by atoms with Gasteiger partial charge in [0.1, 0.15) is 5.82 Å². The van der Waals surface area contributed by atoms with E-state index in [-0.39, 0.29) is 37.1 Å². The molecule has 1 saturated heterocycles. The number of amides is 3. The Labute approximate surface area is 167 Å². The van der Waals surface area contributed by atoms with E-state index in [2.05, 4.69) is 20.5 Å². The fourth-order valence-corrected chi connectivity index (χ4v) is 3.15. The number of aryl methyl sites for hydroxylation is 1. The number of carbonyl (C=O) groups excluding carboxylic acids is 3. The average molecular weight is 389 g/mol. The minimum absolute atomic E-state index is 0.154. The van der Waals surface area contributed by atoms with Crippen molar-refractivity contribution >= 4 is 23.4 Å². The Bertz CT molecular complexity index is 1070. The molecule has 1 aliphatic rings. The minimum Gasteiger partial charge on any atom is -0.322 e. The highest BCUT2D eigenvalue weighted by atomic mass is 16.2. The summed E-state index contributed by atoms with van der Waals surface area (Å²) in [4.78, 5) is 41.6. The van der Waals surface area contributed by atoms with Crippen LogP contribution in [0.15, 0.2) is 48.5 Å². The van der Waals surface area contributed by atoms with Crippen LogP contribution in [0, 0.1) is 6.92 Å². The standard InChI is InChI=1S/C21H19N5O3/c1-13-22-20(25-24-13)16-3-2-4-17(11-16)23-21(29)15-7-5-14(6-8-15)12-26-18(27)9-10-19(26)28/h2-8,11H,9-10,12H2,1H3,(H,23,29)(H,22,24,25). The lowest BCUT2D eigenvalue weighted by atomic mass is 10.1. The number of imide groups is 1. The van der Waals surface area contributed by atoms with Crippen molar-refractivity contribution in [3.63, 3.8) is 0 Å². The first kappa shape index (κ1) is 18.5. The van der Waals surface area contributed by atoms with Crippen LogP contribution in [0.5, 0.6) is 0 Å². The Morgan fingerprint density at radius 2 is 1.83 bits per heavy atom. The maximum absolute atomic E-state index is 12.6. The predicted octanol–water partition coefficient (Wildman–Crippen LogP) is 2.68. The van der Waals surface area contributed by atoms with Crippen molar-refractivity contribution in [3.8, 4) is 11.4 Å². The molecule has 0 atom stereocenters. The molecule has 0 radical (unpaired) electrons. The van der Waals surface area contributed by atoms with Gasteiger partial charge in [-0.2, -0.15) is 5.10 Å². The number of rotatable bonds is 5. The topological polar surface area (TPSA) is 108 Å². The van der Waals surface area contributed by atoms with Gasteiger partial charge in [0.05, 0.1) is 6.54 Å². The summed E-state index contributed by atoms with van der Waals surface area (Å²) < 4.78 is 0. The lowest BCUT2D eigenvalue weighted by molar-refractivity contribution is -0.139. The number of anilines is 1. The maximum atomic E-state index is 12.6. The molecule has 3 amide bonds. The second-order valence-electron chi connectivity index (χ2n) is 6.85. The van der Waals surface area contributed by atoms with Crippen LogP contribution in [0.2, 0.25) is 0 Å². The lowest BCUT2D eigenvalue weighted by Crippen LogP contribution is -2.28. The number of likely N-dealkylation sites (tertiary alicyclic amines) is 1. The summed E-state index contributed by atoms with van der Waals surface area (Å²) in [5.74, 6) is 0.714. The molecule has 0 bridgehead atoms. The number of nitrogens with one attached hydrogen (secondary N) is 2. The Morgan fingerprint density at radius 1 is 1.10 bits per heavy atom. The largest absolute Gasteiger partial charge is 0.322 e. The summed E-state index contributed by atoms with van der Waals surface area (Å²) in [5, 5.41) is 9.78. The van der Waals surface area contributed by atoms with Crippen molar-refractivity contribution < 1.29 is 14.4 Å². The normalized spacial score (nSPS) is 13.8. The van der Waals surface area contributed by atoms with Crippen LogP contribution < -0.4 is 5.32 Å². The zero-order valence-corrected chi connectivity index (χ0v) is 15.8. The summed E-state index contributed by atoms with van der Waals surface area (Å²) in [6, 6.07) is 14.1. The van der Waals surface area contributed by atoms with Crippen LogP contribution in [0.4, 0.5) is 5.69 Å². The van der Waals surface area contributed by atoms with Crippen molar-refractivity contribution in [1.82, 2.24) is 20.1 Å². The molecule has 1 aliphatic heterocycles. The van der Waals surface area contributed by atoms with Gasteiger partial charge in [-0.05, 0) is 36.8 Å². The number of benzene rings is 2. The Morgan fingerprint density at radius 3 is 2.48 bits per heavy atom. The van der Waals surface area contributed by atoms with Crippen LogP contribution in [-0.2, 0) is 16.1 Å². The van der Waals surface area contributed by atoms with Gasteiger partial charge in [-0.15, -0.1) is 0 Å². The third-order valence-corrected chi connectivity index (χ3v) is 4.69. The molecule has 8 nitrogen and oxygen atoms in total. The summed E-state index contributed by atoms with van der Waals surface area (Å²) in [6.45, 7) is 2.05. The number of aromatic amines is 1. The first-order chi connectivity index (χ1) is 14.0. The van der Waals surface area contributed by atoms with Gasteiger partial charge >= 0.3 is 0 Å². The SMILES string of the molecule is Cc1nc(-c2cccc(NC(=O)c3ccc(CN4C(=O)CCC4=O)cc3)c2)n[nH]1. The van der Waals surface area contributed by atoms with E-state index in [0.29, 0.717) is 22.9 Å². The van der Waals surface area contributed by atoms with Crippen molar-refractivity contribution in [3.05, 3.63) is 65.5 Å². The summed E-state index contributed by atoms with van der Waals surface area (Å²) in [6.07, 6.45) is 0.539. The number of aromatic nitrogens is 3. The van der Waals surface area contributed by atoms with Crippen molar-refractivity contribution in [2.24, 2.45) is 0 Å². The van der Waals surface area contributed by atoms with E-state index in [0.717, 1.165) is 11.1 Å². The van der Waals surface area contributed by atoms with Gasteiger partial charge in [-0.25, -0.2) is 4.98 Å². The van der Waals surface area contributed by atoms with Gasteiger partial charge in [-0.1, -0.05) is 24.3 Å². The van der Waals surface area contributed by atoms with Crippen LogP contribution in [0.25, 0.3) is 11.4 Å². The molecule has 1 aromatic heterocycles. The number of nitrogens with zero attached hydrogens (tertiary/aromatic N) is 3. The van der Waals surface area contributed by atoms with E-state index in [1.807, 2.05) is 19.1 Å². The Balaban J connectivity index is 1.44. The molecule has 146 valence electrons. The number of H-pyrrole nitrogens is 1. The van der Waals surface area contributed by atoms with Crippen LogP contribution >= 0.6 is 0 Å². The molecule has 2 aromatic carbocycles. The van der Waals surface area contributed by atoms with E-state index >= 15 is 0 Å². The van der Waals surface area contributed by atoms with E-state index in [1.165, 1.54) is 4.90 Å². The smallest absolute Gasteiger partial charge is 0.255 e. The minimum atomic E-state index is -0.256. The van der Waals surface area contributed by atoms with Crippen molar-refractivity contribution in [1.29, 1.82) is 0 Å². The third-order valence-electron chi connectivity index (χ3n) is 4.69. The molecule has 2 heterocycles. The molecule has 29 heavy (non-hydrogen) atoms. The monoisotopic (exact) mass is 389 g/mol. The molecule has 0 saturated carbocycles. The van der Waals surface area contributed by atoms with E-state index in [9.17, 15) is 14.4 Å². The first-order valence-corrected chi connectivity index (χ1v) is 9.22. The molecule has 0 aliphatic carbocycles. The zero-order valence-electron chi connectivity index (χ0n) is 15.8. The number of hydrogen-bond acceptors (Lipinski definition) is 5. The van der Waals surface area contributed by atoms with Crippen LogP contribution in [0.3, 0.4) is 0 Å². The molecule has 3 aromatic rings. The highest BCUT2D eigenvalue weighted by Gasteiger charge is 2.28. The van der Waals surface area contributed by atoms with E-state index in [1.54, 1.807) is 36.4 Å². The Hall–Kier alpha value is -3.81. The molecule has 4 rings (SSSR count). The third kappa shape index (κ3) is 4.06. The highest BCUT2D eigenvalue weighted by molar-refractivity contribution is 6.04. The van der Waals surface area contributed by atoms with E-state index < -0.39 is 0 Å². The van der Waals surface area contributed by atoms with Gasteiger partial charge < -0.3 is 5.32 Å². The molecular formula is C21H19N5O3. The fourth-order valence-electron chi connectivity index (χ4n) is 3.15. The molecule has 2 N–H and O–H groups in total. The van der Waals surface area contributed by atoms with Gasteiger partial charge in [-0.3, -0.25) is 24.4 Å². The van der Waals surface area contributed by atoms with Crippen molar-refractivity contribution in [2.45, 2.75) is 26.3 Å². The highest BCUT2D eigenvalue weighted by Crippen LogP contribution is 2.20. The number of hydrogen-bond donors (Lipinski definition) is 2. The zero-order chi connectivity index (χ0) is 20.4. The molecule has 8 heteroatoms. The second kappa shape index (κ2) is 7.67. The average Bonchev–Trinajstić information content (AvgIpc) is 3.29. The summed E-state index contributed by atoms with van der Waals surface area (Å²) in [7, 11) is 0. The summed E-state index contributed by atoms with van der Waals surface area (Å²) >= 11 is 0. The first-order valence-electron chi connectivity index (χ1n) is 9.22. The van der Waals surface area contributed by atoms with Gasteiger partial charge in [0.15, 0.2) is 5.82 Å². The predicted molar refractivity (Wildman–Crippen MR) is 106 cm³/mol. The van der Waals surface area contributed by atoms with Gasteiger partial charge in [0.2, 0.25) is 11.8 Å². The van der Waals surface area contributed by atoms with Crippen molar-refractivity contribution in [2.75, 3.05) is 5.32 Å². The maximum Gasteiger partial charge on any atom is 0.255 e. The molecule has 0 spiro atoms. The quantitative estimate of drug-likeness (QED) is 0.652.